The molecule has 0 fully saturated rings. The Kier molecular flexibility index (Phi) is 5.62. The van der Waals surface area contributed by atoms with Crippen LogP contribution in [0.15, 0.2) is 46.0 Å². The van der Waals surface area contributed by atoms with Crippen LogP contribution in [0.2, 0.25) is 10.0 Å². The van der Waals surface area contributed by atoms with E-state index in [2.05, 4.69) is 25.6 Å². The molecule has 0 radical (unpaired) electrons. The van der Waals surface area contributed by atoms with Crippen LogP contribution in [0.5, 0.6) is 0 Å². The molecule has 112 valence electrons. The number of benzene rings is 1. The first kappa shape index (κ1) is 16.7. The molecule has 0 bridgehead atoms. The normalized spacial score (nSPS) is 11.6. The minimum absolute atomic E-state index is 0.0748. The van der Waals surface area contributed by atoms with E-state index in [9.17, 15) is 8.42 Å². The van der Waals surface area contributed by atoms with Crippen molar-refractivity contribution in [2.75, 3.05) is 6.54 Å². The second-order valence-electron chi connectivity index (χ2n) is 4.20. The van der Waals surface area contributed by atoms with E-state index in [0.717, 1.165) is 5.56 Å². The minimum Gasteiger partial charge on any atom is -0.265 e. The fourth-order valence-electron chi connectivity index (χ4n) is 1.74. The summed E-state index contributed by atoms with van der Waals surface area (Å²) in [6, 6.07) is 6.64. The van der Waals surface area contributed by atoms with Gasteiger partial charge in [-0.1, -0.05) is 39.1 Å². The monoisotopic (exact) mass is 408 g/mol. The fourth-order valence-corrected chi connectivity index (χ4v) is 4.70. The summed E-state index contributed by atoms with van der Waals surface area (Å²) in [5.74, 6) is 0. The van der Waals surface area contributed by atoms with Gasteiger partial charge in [-0.25, -0.2) is 13.1 Å². The second-order valence-corrected chi connectivity index (χ2v) is 7.64. The Morgan fingerprint density at radius 2 is 1.71 bits per heavy atom. The van der Waals surface area contributed by atoms with Gasteiger partial charge in [0.25, 0.3) is 0 Å². The van der Waals surface area contributed by atoms with E-state index in [1.807, 2.05) is 12.1 Å². The summed E-state index contributed by atoms with van der Waals surface area (Å²) >= 11 is 15.2. The van der Waals surface area contributed by atoms with Gasteiger partial charge in [-0.3, -0.25) is 4.98 Å². The van der Waals surface area contributed by atoms with Gasteiger partial charge in [0.1, 0.15) is 4.90 Å². The number of hydrogen-bond acceptors (Lipinski definition) is 3. The van der Waals surface area contributed by atoms with Crippen molar-refractivity contribution in [1.29, 1.82) is 0 Å². The van der Waals surface area contributed by atoms with Gasteiger partial charge in [0.05, 0.1) is 10.0 Å². The molecule has 0 atom stereocenters. The van der Waals surface area contributed by atoms with Gasteiger partial charge in [0.15, 0.2) is 0 Å². The number of halogens is 3. The van der Waals surface area contributed by atoms with Crippen molar-refractivity contribution < 1.29 is 8.42 Å². The van der Waals surface area contributed by atoms with Crippen LogP contribution < -0.4 is 4.72 Å². The van der Waals surface area contributed by atoms with Crippen LogP contribution in [0, 0.1) is 0 Å². The number of rotatable bonds is 5. The standard InChI is InChI=1S/C13H11BrCl2N2O2S/c14-10-7-11(15)13(12(16)8-10)21(19,20)18-6-3-9-1-4-17-5-2-9/h1-2,4-5,7-8,18H,3,6H2. The molecular weight excluding hydrogens is 399 g/mol. The maximum absolute atomic E-state index is 12.3. The topological polar surface area (TPSA) is 59.1 Å². The lowest BCUT2D eigenvalue weighted by Crippen LogP contribution is -2.26. The van der Waals surface area contributed by atoms with E-state index in [1.165, 1.54) is 12.1 Å². The Labute approximate surface area is 141 Å². The lowest BCUT2D eigenvalue weighted by molar-refractivity contribution is 0.581. The Bertz CT molecular complexity index is 716. The summed E-state index contributed by atoms with van der Waals surface area (Å²) in [4.78, 5) is 3.80. The summed E-state index contributed by atoms with van der Waals surface area (Å²) in [5, 5.41) is 0.150. The van der Waals surface area contributed by atoms with Crippen molar-refractivity contribution in [2.24, 2.45) is 0 Å². The lowest BCUT2D eigenvalue weighted by Gasteiger charge is -2.10. The number of aromatic nitrogens is 1. The molecular formula is C13H11BrCl2N2O2S. The second kappa shape index (κ2) is 7.07. The molecule has 0 aliphatic rings. The van der Waals surface area contributed by atoms with Gasteiger partial charge < -0.3 is 0 Å². The number of pyridine rings is 1. The molecule has 0 aliphatic carbocycles. The maximum Gasteiger partial charge on any atom is 0.243 e. The molecule has 21 heavy (non-hydrogen) atoms. The Hall–Kier alpha value is -0.660. The van der Waals surface area contributed by atoms with Crippen molar-refractivity contribution in [1.82, 2.24) is 9.71 Å². The third-order valence-corrected chi connectivity index (χ3v) is 5.53. The van der Waals surface area contributed by atoms with E-state index in [4.69, 9.17) is 23.2 Å². The average Bonchev–Trinajstić information content (AvgIpc) is 2.38. The van der Waals surface area contributed by atoms with Gasteiger partial charge in [-0.05, 0) is 36.2 Å². The molecule has 0 spiro atoms. The highest BCUT2D eigenvalue weighted by molar-refractivity contribution is 9.10. The minimum atomic E-state index is -3.76. The number of hydrogen-bond donors (Lipinski definition) is 1. The highest BCUT2D eigenvalue weighted by atomic mass is 79.9. The van der Waals surface area contributed by atoms with Crippen molar-refractivity contribution in [3.63, 3.8) is 0 Å². The molecule has 1 aromatic carbocycles. The van der Waals surface area contributed by atoms with Crippen LogP contribution >= 0.6 is 39.1 Å². The van der Waals surface area contributed by atoms with Crippen molar-refractivity contribution in [3.05, 3.63) is 56.7 Å². The summed E-state index contributed by atoms with van der Waals surface area (Å²) < 4.78 is 27.6. The highest BCUT2D eigenvalue weighted by Crippen LogP contribution is 2.32. The van der Waals surface area contributed by atoms with Gasteiger partial charge in [0.2, 0.25) is 10.0 Å². The average molecular weight is 410 g/mol. The largest absolute Gasteiger partial charge is 0.265 e. The number of sulfonamides is 1. The molecule has 4 nitrogen and oxygen atoms in total. The zero-order valence-corrected chi connectivity index (χ0v) is 14.6. The first-order valence-corrected chi connectivity index (χ1v) is 8.96. The third kappa shape index (κ3) is 4.40. The molecule has 0 saturated carbocycles. The van der Waals surface area contributed by atoms with Crippen LogP contribution in [0.4, 0.5) is 0 Å². The molecule has 0 unspecified atom stereocenters. The summed E-state index contributed by atoms with van der Waals surface area (Å²) in [7, 11) is -3.76. The smallest absolute Gasteiger partial charge is 0.243 e. The number of nitrogens with one attached hydrogen (secondary N) is 1. The first-order valence-electron chi connectivity index (χ1n) is 5.93. The first-order chi connectivity index (χ1) is 9.90. The molecule has 1 aromatic heterocycles. The maximum atomic E-state index is 12.3. The van der Waals surface area contributed by atoms with E-state index in [0.29, 0.717) is 10.9 Å². The molecule has 0 amide bonds. The molecule has 0 aliphatic heterocycles. The van der Waals surface area contributed by atoms with E-state index in [-0.39, 0.29) is 21.5 Å². The fraction of sp³-hybridized carbons (Fsp3) is 0.154. The predicted octanol–water partition coefficient (Wildman–Crippen LogP) is 3.67. The SMILES string of the molecule is O=S(=O)(NCCc1ccncc1)c1c(Cl)cc(Br)cc1Cl. The Morgan fingerprint density at radius 1 is 1.14 bits per heavy atom. The van der Waals surface area contributed by atoms with Crippen molar-refractivity contribution >= 4 is 49.2 Å². The van der Waals surface area contributed by atoms with Crippen LogP contribution in [0.1, 0.15) is 5.56 Å². The van der Waals surface area contributed by atoms with Crippen LogP contribution in [0.3, 0.4) is 0 Å². The molecule has 1 heterocycles. The summed E-state index contributed by atoms with van der Waals surface area (Å²) in [5.41, 5.74) is 0.987. The van der Waals surface area contributed by atoms with Gasteiger partial charge in [-0.15, -0.1) is 0 Å². The van der Waals surface area contributed by atoms with Gasteiger partial charge in [-0.2, -0.15) is 0 Å². The quantitative estimate of drug-likeness (QED) is 0.819. The van der Waals surface area contributed by atoms with Crippen LogP contribution in [0.25, 0.3) is 0 Å². The van der Waals surface area contributed by atoms with E-state index < -0.39 is 10.0 Å². The summed E-state index contributed by atoms with van der Waals surface area (Å²) in [6.45, 7) is 0.245. The zero-order chi connectivity index (χ0) is 15.5. The van der Waals surface area contributed by atoms with Crippen molar-refractivity contribution in [3.8, 4) is 0 Å². The van der Waals surface area contributed by atoms with Crippen molar-refractivity contribution in [2.45, 2.75) is 11.3 Å². The van der Waals surface area contributed by atoms with Gasteiger partial charge in [0, 0.05) is 23.4 Å². The van der Waals surface area contributed by atoms with E-state index in [1.54, 1.807) is 12.4 Å². The summed E-state index contributed by atoms with van der Waals surface area (Å²) in [6.07, 6.45) is 3.87. The third-order valence-electron chi connectivity index (χ3n) is 2.69. The molecule has 2 rings (SSSR count). The lowest BCUT2D eigenvalue weighted by atomic mass is 10.2. The molecule has 8 heteroatoms. The van der Waals surface area contributed by atoms with E-state index >= 15 is 0 Å². The van der Waals surface area contributed by atoms with Crippen LogP contribution in [-0.2, 0) is 16.4 Å². The molecule has 1 N–H and O–H groups in total. The highest BCUT2D eigenvalue weighted by Gasteiger charge is 2.21. The van der Waals surface area contributed by atoms with Gasteiger partial charge >= 0.3 is 0 Å². The zero-order valence-electron chi connectivity index (χ0n) is 10.7. The van der Waals surface area contributed by atoms with Crippen LogP contribution in [-0.4, -0.2) is 19.9 Å². The Morgan fingerprint density at radius 3 is 2.29 bits per heavy atom. The molecule has 2 aromatic rings. The molecule has 0 saturated heterocycles. The number of nitrogens with zero attached hydrogens (tertiary/aromatic N) is 1. The Balaban J connectivity index is 2.12. The predicted molar refractivity (Wildman–Crippen MR) is 87.3 cm³/mol.